The van der Waals surface area contributed by atoms with E-state index in [0.29, 0.717) is 17.2 Å². The first-order chi connectivity index (χ1) is 16.1. The van der Waals surface area contributed by atoms with Crippen molar-refractivity contribution in [3.05, 3.63) is 54.1 Å². The first-order valence-corrected chi connectivity index (χ1v) is 12.1. The maximum atomic E-state index is 12.8. The number of amides is 2. The molecule has 0 bridgehead atoms. The van der Waals surface area contributed by atoms with Gasteiger partial charge < -0.3 is 20.1 Å². The van der Waals surface area contributed by atoms with Crippen molar-refractivity contribution in [2.24, 2.45) is 5.92 Å². The molecular formula is C24H30N4O4S. The van der Waals surface area contributed by atoms with Crippen LogP contribution in [0.3, 0.4) is 0 Å². The molecule has 9 heteroatoms. The van der Waals surface area contributed by atoms with Gasteiger partial charge in [-0.1, -0.05) is 30.3 Å². The smallest absolute Gasteiger partial charge is 0.234 e. The van der Waals surface area contributed by atoms with Crippen LogP contribution in [0.25, 0.3) is 0 Å². The number of nitrogens with zero attached hydrogens (tertiary/aromatic N) is 1. The molecule has 0 aliphatic carbocycles. The highest BCUT2D eigenvalue weighted by Crippen LogP contribution is 2.29. The predicted molar refractivity (Wildman–Crippen MR) is 129 cm³/mol. The maximum Gasteiger partial charge on any atom is 0.234 e. The molecule has 33 heavy (non-hydrogen) atoms. The quantitative estimate of drug-likeness (QED) is 0.545. The van der Waals surface area contributed by atoms with E-state index in [9.17, 15) is 9.59 Å². The van der Waals surface area contributed by atoms with Gasteiger partial charge in [-0.2, -0.15) is 0 Å². The molecule has 176 valence electrons. The van der Waals surface area contributed by atoms with Crippen LogP contribution in [-0.4, -0.2) is 61.3 Å². The molecular weight excluding hydrogens is 440 g/mol. The van der Waals surface area contributed by atoms with E-state index in [4.69, 9.17) is 9.47 Å². The number of benzene rings is 2. The van der Waals surface area contributed by atoms with Crippen LogP contribution < -0.4 is 25.4 Å². The van der Waals surface area contributed by atoms with Gasteiger partial charge in [0.2, 0.25) is 11.8 Å². The number of thioether (sulfide) groups is 1. The topological polar surface area (TPSA) is 91.9 Å². The van der Waals surface area contributed by atoms with E-state index in [-0.39, 0.29) is 35.0 Å². The summed E-state index contributed by atoms with van der Waals surface area (Å²) < 4.78 is 10.5. The minimum atomic E-state index is -0.289. The van der Waals surface area contributed by atoms with Gasteiger partial charge in [0, 0.05) is 31.7 Å². The summed E-state index contributed by atoms with van der Waals surface area (Å²) in [5.74, 6) is 1.17. The van der Waals surface area contributed by atoms with Gasteiger partial charge in [-0.25, -0.2) is 0 Å². The number of methoxy groups -OCH3 is 2. The number of carbonyl (C=O) groups excluding carboxylic acids is 2. The van der Waals surface area contributed by atoms with E-state index in [2.05, 4.69) is 33.0 Å². The maximum absolute atomic E-state index is 12.8. The summed E-state index contributed by atoms with van der Waals surface area (Å²) in [5, 5.41) is 9.39. The van der Waals surface area contributed by atoms with Crippen molar-refractivity contribution in [1.82, 2.24) is 15.5 Å². The molecule has 2 fully saturated rings. The molecule has 0 spiro atoms. The lowest BCUT2D eigenvalue weighted by Crippen LogP contribution is -2.64. The first-order valence-electron chi connectivity index (χ1n) is 11.0. The van der Waals surface area contributed by atoms with Crippen molar-refractivity contribution in [2.75, 3.05) is 38.4 Å². The fourth-order valence-corrected chi connectivity index (χ4v) is 5.14. The molecule has 2 aliphatic heterocycles. The molecule has 8 nitrogen and oxygen atoms in total. The number of likely N-dealkylation sites (tertiary alicyclic amines) is 1. The number of ether oxygens (including phenoxy) is 2. The summed E-state index contributed by atoms with van der Waals surface area (Å²) in [6.07, 6.45) is 0.900. The lowest BCUT2D eigenvalue weighted by atomic mass is 9.89. The van der Waals surface area contributed by atoms with Crippen molar-refractivity contribution >= 4 is 29.3 Å². The third-order valence-electron chi connectivity index (χ3n) is 5.99. The lowest BCUT2D eigenvalue weighted by Gasteiger charge is -2.43. The number of fused-ring (bicyclic) bond motifs is 1. The molecule has 3 unspecified atom stereocenters. The van der Waals surface area contributed by atoms with Gasteiger partial charge >= 0.3 is 0 Å². The first kappa shape index (κ1) is 23.4. The van der Waals surface area contributed by atoms with Crippen molar-refractivity contribution < 1.29 is 19.1 Å². The third kappa shape index (κ3) is 5.98. The van der Waals surface area contributed by atoms with Crippen LogP contribution in [-0.2, 0) is 16.1 Å². The normalized spacial score (nSPS) is 22.7. The van der Waals surface area contributed by atoms with E-state index in [1.54, 1.807) is 32.4 Å². The van der Waals surface area contributed by atoms with E-state index in [0.717, 1.165) is 26.1 Å². The third-order valence-corrected chi connectivity index (χ3v) is 7.00. The van der Waals surface area contributed by atoms with Crippen molar-refractivity contribution in [2.45, 2.75) is 24.5 Å². The Hall–Kier alpha value is -2.75. The molecule has 2 saturated heterocycles. The highest BCUT2D eigenvalue weighted by molar-refractivity contribution is 8.00. The second-order valence-corrected chi connectivity index (χ2v) is 9.30. The Balaban J connectivity index is 1.26. The molecule has 0 aromatic heterocycles. The molecule has 3 N–H and O–H groups in total. The van der Waals surface area contributed by atoms with Crippen molar-refractivity contribution in [1.29, 1.82) is 0 Å². The fraction of sp³-hybridized carbons (Fsp3) is 0.417. The van der Waals surface area contributed by atoms with Gasteiger partial charge in [0.1, 0.15) is 17.0 Å². The summed E-state index contributed by atoms with van der Waals surface area (Å²) in [4.78, 5) is 27.6. The average molecular weight is 471 g/mol. The van der Waals surface area contributed by atoms with Crippen LogP contribution in [0.2, 0.25) is 0 Å². The number of hydrogen-bond acceptors (Lipinski definition) is 7. The molecule has 2 aliphatic rings. The van der Waals surface area contributed by atoms with E-state index in [1.165, 1.54) is 17.3 Å². The highest BCUT2D eigenvalue weighted by Gasteiger charge is 2.40. The summed E-state index contributed by atoms with van der Waals surface area (Å²) in [5.41, 5.74) is 1.55. The van der Waals surface area contributed by atoms with Crippen LogP contribution in [0.15, 0.2) is 48.5 Å². The van der Waals surface area contributed by atoms with Gasteiger partial charge in [0.25, 0.3) is 0 Å². The van der Waals surface area contributed by atoms with Gasteiger partial charge in [-0.3, -0.25) is 19.8 Å². The second kappa shape index (κ2) is 10.9. The fourth-order valence-electron chi connectivity index (χ4n) is 4.28. The zero-order valence-electron chi connectivity index (χ0n) is 18.9. The lowest BCUT2D eigenvalue weighted by molar-refractivity contribution is -0.130. The zero-order valence-corrected chi connectivity index (χ0v) is 19.7. The summed E-state index contributed by atoms with van der Waals surface area (Å²) >= 11 is 1.37. The van der Waals surface area contributed by atoms with Gasteiger partial charge in [0.15, 0.2) is 0 Å². The second-order valence-electron chi connectivity index (χ2n) is 8.20. The predicted octanol–water partition coefficient (Wildman–Crippen LogP) is 2.27. The number of carbonyl (C=O) groups is 2. The van der Waals surface area contributed by atoms with Gasteiger partial charge in [0.05, 0.1) is 31.6 Å². The largest absolute Gasteiger partial charge is 0.497 e. The Labute approximate surface area is 198 Å². The van der Waals surface area contributed by atoms with Crippen molar-refractivity contribution in [3.63, 3.8) is 0 Å². The Morgan fingerprint density at radius 2 is 2.00 bits per heavy atom. The number of rotatable bonds is 8. The number of hydrogen-bond donors (Lipinski definition) is 3. The zero-order chi connectivity index (χ0) is 23.2. The van der Waals surface area contributed by atoms with Crippen LogP contribution in [0, 0.1) is 5.92 Å². The SMILES string of the molecule is COc1ccc(NC(=O)CSC2NC(=O)C3CN(Cc4ccccc4)CCC3N2)c(OC)c1. The Morgan fingerprint density at radius 3 is 2.76 bits per heavy atom. The standard InChI is InChI=1S/C24H30N4O4S/c1-31-17-8-9-20(21(12-17)32-2)25-22(29)15-33-24-26-19-10-11-28(14-18(19)23(30)27-24)13-16-6-4-3-5-7-16/h3-9,12,18-19,24,26H,10-11,13-15H2,1-2H3,(H,25,29)(H,27,30). The number of nitrogens with one attached hydrogen (secondary N) is 3. The van der Waals surface area contributed by atoms with E-state index in [1.807, 2.05) is 18.2 Å². The molecule has 2 aromatic carbocycles. The molecule has 2 amide bonds. The highest BCUT2D eigenvalue weighted by atomic mass is 32.2. The van der Waals surface area contributed by atoms with E-state index < -0.39 is 0 Å². The Morgan fingerprint density at radius 1 is 1.18 bits per heavy atom. The molecule has 2 aromatic rings. The minimum absolute atomic E-state index is 0.0474. The summed E-state index contributed by atoms with van der Waals surface area (Å²) in [6.45, 7) is 2.52. The van der Waals surface area contributed by atoms with Crippen LogP contribution >= 0.6 is 11.8 Å². The molecule has 4 rings (SSSR count). The van der Waals surface area contributed by atoms with Crippen molar-refractivity contribution in [3.8, 4) is 11.5 Å². The number of anilines is 1. The number of piperidine rings is 1. The Kier molecular flexibility index (Phi) is 7.74. The molecule has 2 heterocycles. The average Bonchev–Trinajstić information content (AvgIpc) is 2.84. The van der Waals surface area contributed by atoms with Crippen LogP contribution in [0.4, 0.5) is 5.69 Å². The molecule has 0 radical (unpaired) electrons. The Bertz CT molecular complexity index is 974. The summed E-state index contributed by atoms with van der Waals surface area (Å²) in [6, 6.07) is 15.7. The summed E-state index contributed by atoms with van der Waals surface area (Å²) in [7, 11) is 3.12. The monoisotopic (exact) mass is 470 g/mol. The van der Waals surface area contributed by atoms with E-state index >= 15 is 0 Å². The van der Waals surface area contributed by atoms with Crippen LogP contribution in [0.1, 0.15) is 12.0 Å². The molecule has 3 atom stereocenters. The minimum Gasteiger partial charge on any atom is -0.497 e. The van der Waals surface area contributed by atoms with Gasteiger partial charge in [-0.15, -0.1) is 11.8 Å². The van der Waals surface area contributed by atoms with Crippen LogP contribution in [0.5, 0.6) is 11.5 Å². The molecule has 0 saturated carbocycles. The van der Waals surface area contributed by atoms with Gasteiger partial charge in [-0.05, 0) is 24.1 Å².